The molecular weight excluding hydrogens is 161 g/mol. The van der Waals surface area contributed by atoms with E-state index in [1.165, 1.54) is 0 Å². The molecule has 0 spiro atoms. The first kappa shape index (κ1) is 10.6. The van der Waals surface area contributed by atoms with Gasteiger partial charge >= 0.3 is 51.4 Å². The summed E-state index contributed by atoms with van der Waals surface area (Å²) in [5.41, 5.74) is 0. The molecular formula is C5H6KNO3. The first-order valence-corrected chi connectivity index (χ1v) is 2.72. The minimum absolute atomic E-state index is 0. The van der Waals surface area contributed by atoms with Gasteiger partial charge in [-0.15, -0.1) is 0 Å². The van der Waals surface area contributed by atoms with Crippen molar-refractivity contribution in [3.05, 3.63) is 0 Å². The largest absolute Gasteiger partial charge is 1.00 e. The van der Waals surface area contributed by atoms with E-state index in [2.05, 4.69) is 5.32 Å². The minimum Gasteiger partial charge on any atom is -0.540 e. The van der Waals surface area contributed by atoms with E-state index in [4.69, 9.17) is 0 Å². The third kappa shape index (κ3) is 3.67. The van der Waals surface area contributed by atoms with Gasteiger partial charge in [0.15, 0.2) is 0 Å². The van der Waals surface area contributed by atoms with Crippen LogP contribution in [-0.4, -0.2) is 17.9 Å². The summed E-state index contributed by atoms with van der Waals surface area (Å²) in [6, 6.07) is 0.0930. The van der Waals surface area contributed by atoms with Crippen molar-refractivity contribution in [1.29, 1.82) is 0 Å². The number of carboxylic acid groups (broad SMARTS) is 1. The number of hydrogen-bond donors (Lipinski definition) is 1. The Kier molecular flexibility index (Phi) is 4.71. The van der Waals surface area contributed by atoms with Crippen LogP contribution in [-0.2, 0) is 9.59 Å². The van der Waals surface area contributed by atoms with E-state index in [1.807, 2.05) is 0 Å². The third-order valence-electron chi connectivity index (χ3n) is 1.10. The summed E-state index contributed by atoms with van der Waals surface area (Å²) < 4.78 is 0. The molecule has 1 N–H and O–H groups in total. The van der Waals surface area contributed by atoms with Crippen molar-refractivity contribution in [2.45, 2.75) is 18.9 Å². The summed E-state index contributed by atoms with van der Waals surface area (Å²) >= 11 is 0. The number of carbonyl (C=O) groups is 2. The van der Waals surface area contributed by atoms with Crippen molar-refractivity contribution in [2.24, 2.45) is 0 Å². The van der Waals surface area contributed by atoms with Gasteiger partial charge < -0.3 is 15.2 Å². The standard InChI is InChI=1S/C5H7NO3.K/c7-4(5(8)9)6-3-1-2-3;/h3H,1-2H2,(H,6,7)(H,8,9);/q;+1/p-1. The first-order valence-electron chi connectivity index (χ1n) is 2.72. The summed E-state index contributed by atoms with van der Waals surface area (Å²) in [6.07, 6.45) is 1.78. The fraction of sp³-hybridized carbons (Fsp3) is 0.600. The smallest absolute Gasteiger partial charge is 0.540 e. The second kappa shape index (κ2) is 4.45. The fourth-order valence-electron chi connectivity index (χ4n) is 0.472. The molecule has 1 saturated carbocycles. The average molecular weight is 167 g/mol. The zero-order chi connectivity index (χ0) is 6.85. The van der Waals surface area contributed by atoms with Crippen LogP contribution in [0.2, 0.25) is 0 Å². The quantitative estimate of drug-likeness (QED) is 0.314. The maximum atomic E-state index is 10.2. The molecule has 1 rings (SSSR count). The van der Waals surface area contributed by atoms with E-state index in [0.717, 1.165) is 12.8 Å². The summed E-state index contributed by atoms with van der Waals surface area (Å²) in [4.78, 5) is 20.0. The summed E-state index contributed by atoms with van der Waals surface area (Å²) in [7, 11) is 0. The molecule has 1 fully saturated rings. The van der Waals surface area contributed by atoms with Crippen LogP contribution in [0.4, 0.5) is 0 Å². The molecule has 0 heterocycles. The first-order chi connectivity index (χ1) is 4.20. The zero-order valence-electron chi connectivity index (χ0n) is 5.72. The number of aliphatic carboxylic acids is 1. The van der Waals surface area contributed by atoms with Crippen LogP contribution in [0.1, 0.15) is 12.8 Å². The Morgan fingerprint density at radius 2 is 1.90 bits per heavy atom. The van der Waals surface area contributed by atoms with Crippen molar-refractivity contribution < 1.29 is 66.1 Å². The molecule has 0 aromatic rings. The van der Waals surface area contributed by atoms with Crippen LogP contribution < -0.4 is 61.8 Å². The number of rotatable bonds is 1. The molecule has 10 heavy (non-hydrogen) atoms. The van der Waals surface area contributed by atoms with Gasteiger partial charge in [0, 0.05) is 6.04 Å². The van der Waals surface area contributed by atoms with Gasteiger partial charge in [-0.05, 0) is 12.8 Å². The van der Waals surface area contributed by atoms with Gasteiger partial charge in [-0.3, -0.25) is 4.79 Å². The molecule has 50 valence electrons. The van der Waals surface area contributed by atoms with Gasteiger partial charge in [-0.2, -0.15) is 0 Å². The normalized spacial score (nSPS) is 15.2. The molecule has 0 aromatic carbocycles. The summed E-state index contributed by atoms with van der Waals surface area (Å²) in [5, 5.41) is 12.0. The number of nitrogens with one attached hydrogen (secondary N) is 1. The molecule has 1 aliphatic rings. The molecule has 5 heteroatoms. The minimum atomic E-state index is -1.65. The maximum Gasteiger partial charge on any atom is 1.00 e. The Morgan fingerprint density at radius 1 is 1.40 bits per heavy atom. The van der Waals surface area contributed by atoms with Crippen LogP contribution in [0, 0.1) is 0 Å². The molecule has 1 aliphatic carbocycles. The maximum absolute atomic E-state index is 10.2. The predicted octanol–water partition coefficient (Wildman–Crippen LogP) is -4.98. The van der Waals surface area contributed by atoms with Crippen LogP contribution in [0.25, 0.3) is 0 Å². The zero-order valence-corrected chi connectivity index (χ0v) is 8.84. The molecule has 0 saturated heterocycles. The van der Waals surface area contributed by atoms with E-state index in [1.54, 1.807) is 0 Å². The molecule has 0 aliphatic heterocycles. The van der Waals surface area contributed by atoms with E-state index in [9.17, 15) is 14.7 Å². The van der Waals surface area contributed by atoms with Crippen LogP contribution in [0.3, 0.4) is 0 Å². The Bertz CT molecular complexity index is 155. The van der Waals surface area contributed by atoms with Crippen molar-refractivity contribution in [3.8, 4) is 0 Å². The number of hydrogen-bond acceptors (Lipinski definition) is 3. The topological polar surface area (TPSA) is 69.2 Å². The number of carbonyl (C=O) groups excluding carboxylic acids is 2. The Balaban J connectivity index is 0.000000810. The molecule has 0 atom stereocenters. The van der Waals surface area contributed by atoms with Crippen molar-refractivity contribution in [2.75, 3.05) is 0 Å². The van der Waals surface area contributed by atoms with Crippen LogP contribution in [0.5, 0.6) is 0 Å². The van der Waals surface area contributed by atoms with E-state index in [0.29, 0.717) is 0 Å². The fourth-order valence-corrected chi connectivity index (χ4v) is 0.472. The average Bonchev–Trinajstić information content (AvgIpc) is 2.50. The SMILES string of the molecule is O=C([O-])C(=O)NC1CC1.[K+]. The number of amides is 1. The Hall–Kier alpha value is 0.576. The molecule has 0 aromatic heterocycles. The van der Waals surface area contributed by atoms with E-state index < -0.39 is 11.9 Å². The molecule has 4 nitrogen and oxygen atoms in total. The molecule has 0 radical (unpaired) electrons. The van der Waals surface area contributed by atoms with Gasteiger partial charge in [0.05, 0.1) is 0 Å². The van der Waals surface area contributed by atoms with E-state index >= 15 is 0 Å². The Labute approximate surface area is 101 Å². The second-order valence-corrected chi connectivity index (χ2v) is 2.04. The van der Waals surface area contributed by atoms with Gasteiger partial charge in [0.2, 0.25) is 0 Å². The van der Waals surface area contributed by atoms with Gasteiger partial charge in [-0.25, -0.2) is 0 Å². The Morgan fingerprint density at radius 3 is 2.20 bits per heavy atom. The summed E-state index contributed by atoms with van der Waals surface area (Å²) in [6.45, 7) is 0. The third-order valence-corrected chi connectivity index (χ3v) is 1.10. The molecule has 0 bridgehead atoms. The van der Waals surface area contributed by atoms with Crippen molar-refractivity contribution in [3.63, 3.8) is 0 Å². The van der Waals surface area contributed by atoms with Crippen LogP contribution >= 0.6 is 0 Å². The van der Waals surface area contributed by atoms with Gasteiger partial charge in [0.25, 0.3) is 5.91 Å². The van der Waals surface area contributed by atoms with Crippen molar-refractivity contribution in [1.82, 2.24) is 5.32 Å². The summed E-state index contributed by atoms with van der Waals surface area (Å²) in [5.74, 6) is -2.65. The monoisotopic (exact) mass is 167 g/mol. The van der Waals surface area contributed by atoms with Crippen molar-refractivity contribution >= 4 is 11.9 Å². The number of carboxylic acids is 1. The second-order valence-electron chi connectivity index (χ2n) is 2.04. The molecule has 1 amide bonds. The van der Waals surface area contributed by atoms with Gasteiger partial charge in [0.1, 0.15) is 5.97 Å². The molecule has 0 unspecified atom stereocenters. The van der Waals surface area contributed by atoms with E-state index in [-0.39, 0.29) is 57.4 Å². The van der Waals surface area contributed by atoms with Gasteiger partial charge in [-0.1, -0.05) is 0 Å². The van der Waals surface area contributed by atoms with Crippen LogP contribution in [0.15, 0.2) is 0 Å². The predicted molar refractivity (Wildman–Crippen MR) is 26.2 cm³/mol.